The SMILES string of the molecule is Cc1scc(C(=O)NC2(COc3nnc(N)cc3Cl)CCCCC2)c1C. The first kappa shape index (κ1) is 18.9. The molecule has 0 radical (unpaired) electrons. The maximum Gasteiger partial charge on any atom is 0.252 e. The predicted molar refractivity (Wildman–Crippen MR) is 104 cm³/mol. The Bertz CT molecular complexity index is 802. The number of anilines is 1. The summed E-state index contributed by atoms with van der Waals surface area (Å²) in [6, 6.07) is 1.51. The number of nitrogens with two attached hydrogens (primary N) is 1. The molecule has 3 N–H and O–H groups in total. The second-order valence-corrected chi connectivity index (χ2v) is 8.33. The number of amides is 1. The number of thiophene rings is 1. The number of rotatable bonds is 5. The van der Waals surface area contributed by atoms with Crippen molar-refractivity contribution in [1.29, 1.82) is 0 Å². The molecule has 1 aliphatic rings. The van der Waals surface area contributed by atoms with Crippen LogP contribution in [0, 0.1) is 13.8 Å². The third-order valence-corrected chi connectivity index (χ3v) is 6.22. The Morgan fingerprint density at radius 2 is 2.08 bits per heavy atom. The van der Waals surface area contributed by atoms with E-state index in [9.17, 15) is 4.79 Å². The van der Waals surface area contributed by atoms with Gasteiger partial charge in [0.05, 0.1) is 11.1 Å². The Kier molecular flexibility index (Phi) is 5.67. The van der Waals surface area contributed by atoms with Crippen LogP contribution >= 0.6 is 22.9 Å². The fraction of sp³-hybridized carbons (Fsp3) is 0.500. The highest BCUT2D eigenvalue weighted by atomic mass is 35.5. The number of carbonyl (C=O) groups is 1. The number of aromatic nitrogens is 2. The van der Waals surface area contributed by atoms with Gasteiger partial charge in [-0.2, -0.15) is 0 Å². The molecule has 140 valence electrons. The van der Waals surface area contributed by atoms with Gasteiger partial charge >= 0.3 is 0 Å². The number of nitrogen functional groups attached to an aromatic ring is 1. The van der Waals surface area contributed by atoms with E-state index in [-0.39, 0.29) is 17.6 Å². The topological polar surface area (TPSA) is 90.1 Å². The van der Waals surface area contributed by atoms with Crippen LogP contribution in [-0.4, -0.2) is 28.3 Å². The zero-order chi connectivity index (χ0) is 18.7. The molecule has 1 amide bonds. The zero-order valence-electron chi connectivity index (χ0n) is 15.0. The van der Waals surface area contributed by atoms with Crippen LogP contribution in [0.4, 0.5) is 5.82 Å². The van der Waals surface area contributed by atoms with E-state index in [1.165, 1.54) is 6.07 Å². The van der Waals surface area contributed by atoms with Crippen LogP contribution in [0.3, 0.4) is 0 Å². The molecule has 2 heterocycles. The minimum Gasteiger partial charge on any atom is -0.473 e. The van der Waals surface area contributed by atoms with Gasteiger partial charge in [-0.3, -0.25) is 4.79 Å². The van der Waals surface area contributed by atoms with Gasteiger partial charge in [0.15, 0.2) is 0 Å². The van der Waals surface area contributed by atoms with Gasteiger partial charge in [0.1, 0.15) is 17.4 Å². The number of ether oxygens (including phenoxy) is 1. The lowest BCUT2D eigenvalue weighted by molar-refractivity contribution is 0.0783. The Hall–Kier alpha value is -1.86. The van der Waals surface area contributed by atoms with Crippen molar-refractivity contribution in [3.8, 4) is 5.88 Å². The van der Waals surface area contributed by atoms with Crippen molar-refractivity contribution in [2.24, 2.45) is 0 Å². The van der Waals surface area contributed by atoms with Gasteiger partial charge in [-0.05, 0) is 32.3 Å². The molecule has 2 aromatic rings. The molecule has 1 fully saturated rings. The molecular weight excluding hydrogens is 372 g/mol. The van der Waals surface area contributed by atoms with Crippen molar-refractivity contribution >= 4 is 34.7 Å². The summed E-state index contributed by atoms with van der Waals surface area (Å²) in [4.78, 5) is 14.0. The van der Waals surface area contributed by atoms with Gasteiger partial charge in [0.25, 0.3) is 11.8 Å². The maximum atomic E-state index is 12.8. The van der Waals surface area contributed by atoms with Crippen LogP contribution in [0.25, 0.3) is 0 Å². The number of carbonyl (C=O) groups excluding carboxylic acids is 1. The second-order valence-electron chi connectivity index (χ2n) is 6.84. The van der Waals surface area contributed by atoms with Crippen molar-refractivity contribution in [2.75, 3.05) is 12.3 Å². The van der Waals surface area contributed by atoms with Gasteiger partial charge in [-0.1, -0.05) is 30.9 Å². The van der Waals surface area contributed by atoms with E-state index < -0.39 is 5.54 Å². The molecule has 0 spiro atoms. The first-order valence-electron chi connectivity index (χ1n) is 8.69. The highest BCUT2D eigenvalue weighted by molar-refractivity contribution is 7.10. The van der Waals surface area contributed by atoms with E-state index in [2.05, 4.69) is 15.5 Å². The molecule has 0 aromatic carbocycles. The Morgan fingerprint density at radius 3 is 2.69 bits per heavy atom. The monoisotopic (exact) mass is 394 g/mol. The van der Waals surface area contributed by atoms with Crippen LogP contribution in [0.2, 0.25) is 5.02 Å². The highest BCUT2D eigenvalue weighted by Gasteiger charge is 2.35. The van der Waals surface area contributed by atoms with E-state index in [4.69, 9.17) is 22.1 Å². The average molecular weight is 395 g/mol. The van der Waals surface area contributed by atoms with Crippen molar-refractivity contribution in [2.45, 2.75) is 51.5 Å². The van der Waals surface area contributed by atoms with Gasteiger partial charge in [-0.15, -0.1) is 21.5 Å². The molecule has 0 atom stereocenters. The summed E-state index contributed by atoms with van der Waals surface area (Å²) in [5, 5.41) is 13.2. The second kappa shape index (κ2) is 7.80. The van der Waals surface area contributed by atoms with Gasteiger partial charge in [-0.25, -0.2) is 0 Å². The summed E-state index contributed by atoms with van der Waals surface area (Å²) < 4.78 is 5.83. The Labute approximate surface area is 162 Å². The molecule has 0 aliphatic heterocycles. The molecule has 0 bridgehead atoms. The molecule has 1 saturated carbocycles. The Balaban J connectivity index is 1.75. The standard InChI is InChI=1S/C18H23ClN4O2S/c1-11-12(2)26-9-13(11)16(24)21-18(6-4-3-5-7-18)10-25-17-14(19)8-15(20)22-23-17/h8-9H,3-7,10H2,1-2H3,(H2,20,22)(H,21,24). The van der Waals surface area contributed by atoms with Crippen LogP contribution in [0.1, 0.15) is 52.9 Å². The summed E-state index contributed by atoms with van der Waals surface area (Å²) in [5.41, 5.74) is 6.92. The molecule has 0 saturated heterocycles. The average Bonchev–Trinajstić information content (AvgIpc) is 2.94. The lowest BCUT2D eigenvalue weighted by atomic mass is 9.82. The van der Waals surface area contributed by atoms with Crippen molar-refractivity contribution < 1.29 is 9.53 Å². The third-order valence-electron chi connectivity index (χ3n) is 4.94. The number of hydrogen-bond acceptors (Lipinski definition) is 6. The maximum absolute atomic E-state index is 12.8. The molecule has 0 unspecified atom stereocenters. The number of halogens is 1. The van der Waals surface area contributed by atoms with Crippen LogP contribution in [-0.2, 0) is 0 Å². The summed E-state index contributed by atoms with van der Waals surface area (Å²) in [6.07, 6.45) is 4.98. The number of hydrogen-bond donors (Lipinski definition) is 2. The van der Waals surface area contributed by atoms with Crippen LogP contribution in [0.5, 0.6) is 5.88 Å². The van der Waals surface area contributed by atoms with Crippen molar-refractivity contribution in [3.63, 3.8) is 0 Å². The lowest BCUT2D eigenvalue weighted by Crippen LogP contribution is -2.54. The summed E-state index contributed by atoms with van der Waals surface area (Å²) in [6.45, 7) is 4.31. The van der Waals surface area contributed by atoms with Crippen molar-refractivity contribution in [1.82, 2.24) is 15.5 Å². The van der Waals surface area contributed by atoms with E-state index in [1.54, 1.807) is 11.3 Å². The van der Waals surface area contributed by atoms with E-state index in [0.29, 0.717) is 11.6 Å². The van der Waals surface area contributed by atoms with Crippen LogP contribution in [0.15, 0.2) is 11.4 Å². The van der Waals surface area contributed by atoms with Gasteiger partial charge < -0.3 is 15.8 Å². The van der Waals surface area contributed by atoms with Crippen molar-refractivity contribution in [3.05, 3.63) is 32.5 Å². The quantitative estimate of drug-likeness (QED) is 0.802. The number of nitrogens with zero attached hydrogens (tertiary/aromatic N) is 2. The summed E-state index contributed by atoms with van der Waals surface area (Å²) in [5.74, 6) is 0.431. The smallest absolute Gasteiger partial charge is 0.252 e. The Morgan fingerprint density at radius 1 is 1.35 bits per heavy atom. The molecule has 6 nitrogen and oxygen atoms in total. The molecule has 8 heteroatoms. The number of nitrogens with one attached hydrogen (secondary N) is 1. The molecule has 2 aromatic heterocycles. The number of aryl methyl sites for hydroxylation is 1. The molecule has 3 rings (SSSR count). The minimum atomic E-state index is -0.427. The van der Waals surface area contributed by atoms with E-state index >= 15 is 0 Å². The molecular formula is C18H23ClN4O2S. The fourth-order valence-corrected chi connectivity index (χ4v) is 4.32. The first-order chi connectivity index (χ1) is 12.4. The lowest BCUT2D eigenvalue weighted by Gasteiger charge is -2.37. The predicted octanol–water partition coefficient (Wildman–Crippen LogP) is 3.90. The van der Waals surface area contributed by atoms with Gasteiger partial charge in [0.2, 0.25) is 0 Å². The fourth-order valence-electron chi connectivity index (χ4n) is 3.26. The molecule has 1 aliphatic carbocycles. The normalized spacial score (nSPS) is 16.3. The zero-order valence-corrected chi connectivity index (χ0v) is 16.5. The first-order valence-corrected chi connectivity index (χ1v) is 9.95. The summed E-state index contributed by atoms with van der Waals surface area (Å²) in [7, 11) is 0. The minimum absolute atomic E-state index is 0.0492. The largest absolute Gasteiger partial charge is 0.473 e. The molecule has 26 heavy (non-hydrogen) atoms. The van der Waals surface area contributed by atoms with E-state index in [1.807, 2.05) is 19.2 Å². The summed E-state index contributed by atoms with van der Waals surface area (Å²) >= 11 is 7.72. The third kappa shape index (κ3) is 4.10. The van der Waals surface area contributed by atoms with Crippen LogP contribution < -0.4 is 15.8 Å². The van der Waals surface area contributed by atoms with E-state index in [0.717, 1.165) is 48.1 Å². The van der Waals surface area contributed by atoms with Gasteiger partial charge in [0, 0.05) is 16.3 Å². The highest BCUT2D eigenvalue weighted by Crippen LogP contribution is 2.31.